The van der Waals surface area contributed by atoms with Crippen molar-refractivity contribution in [1.29, 1.82) is 0 Å². The van der Waals surface area contributed by atoms with Crippen molar-refractivity contribution in [1.82, 2.24) is 0 Å². The van der Waals surface area contributed by atoms with Gasteiger partial charge in [0.2, 0.25) is 0 Å². The van der Waals surface area contributed by atoms with Gasteiger partial charge in [0, 0.05) is 14.3 Å². The molecule has 0 atom stereocenters. The van der Waals surface area contributed by atoms with Crippen molar-refractivity contribution in [2.24, 2.45) is 0 Å². The molecule has 2 aromatic rings. The smallest absolute Gasteiger partial charge is 0.335 e. The first-order valence-corrected chi connectivity index (χ1v) is 6.53. The second kappa shape index (κ2) is 5.38. The molecule has 0 aliphatic heterocycles. The lowest BCUT2D eigenvalue weighted by molar-refractivity contribution is 0.0696. The molecule has 0 amide bonds. The van der Waals surface area contributed by atoms with Gasteiger partial charge >= 0.3 is 5.97 Å². The van der Waals surface area contributed by atoms with E-state index in [2.05, 4.69) is 15.9 Å². The number of hydrogen-bond acceptors (Lipinski definition) is 2. The van der Waals surface area contributed by atoms with Crippen molar-refractivity contribution < 1.29 is 9.90 Å². The Morgan fingerprint density at radius 1 is 1.06 bits per heavy atom. The minimum Gasteiger partial charge on any atom is -0.478 e. The molecule has 17 heavy (non-hydrogen) atoms. The van der Waals surface area contributed by atoms with Gasteiger partial charge in [-0.15, -0.1) is 0 Å². The topological polar surface area (TPSA) is 37.3 Å². The molecule has 0 radical (unpaired) electrons. The molecule has 0 fully saturated rings. The number of carbonyl (C=O) groups is 1. The molecule has 0 saturated carbocycles. The molecule has 86 valence electrons. The van der Waals surface area contributed by atoms with Crippen LogP contribution in [0.25, 0.3) is 0 Å². The van der Waals surface area contributed by atoms with E-state index in [1.807, 2.05) is 30.3 Å². The molecule has 0 aliphatic carbocycles. The Bertz CT molecular complexity index is 537. The average Bonchev–Trinajstić information content (AvgIpc) is 2.32. The lowest BCUT2D eigenvalue weighted by atomic mass is 10.2. The summed E-state index contributed by atoms with van der Waals surface area (Å²) in [5.74, 6) is -0.900. The zero-order valence-electron chi connectivity index (χ0n) is 8.76. The minimum absolute atomic E-state index is 0.312. The van der Waals surface area contributed by atoms with Crippen LogP contribution >= 0.6 is 27.7 Å². The van der Waals surface area contributed by atoms with Gasteiger partial charge in [-0.3, -0.25) is 0 Å². The van der Waals surface area contributed by atoms with Crippen molar-refractivity contribution >= 4 is 33.7 Å². The highest BCUT2D eigenvalue weighted by Crippen LogP contribution is 2.29. The van der Waals surface area contributed by atoms with E-state index in [9.17, 15) is 4.79 Å². The molecule has 0 saturated heterocycles. The maximum Gasteiger partial charge on any atom is 0.335 e. The van der Waals surface area contributed by atoms with Crippen molar-refractivity contribution in [2.75, 3.05) is 0 Å². The Morgan fingerprint density at radius 3 is 2.41 bits per heavy atom. The van der Waals surface area contributed by atoms with Crippen LogP contribution in [-0.2, 0) is 0 Å². The van der Waals surface area contributed by atoms with Crippen LogP contribution < -0.4 is 0 Å². The summed E-state index contributed by atoms with van der Waals surface area (Å²) in [5, 5.41) is 8.90. The van der Waals surface area contributed by atoms with Gasteiger partial charge in [-0.1, -0.05) is 33.8 Å². The van der Waals surface area contributed by atoms with E-state index in [1.54, 1.807) is 30.0 Å². The summed E-state index contributed by atoms with van der Waals surface area (Å²) >= 11 is 4.92. The van der Waals surface area contributed by atoms with Crippen LogP contribution in [-0.4, -0.2) is 11.1 Å². The second-order valence-corrected chi connectivity index (χ2v) is 5.45. The molecule has 2 rings (SSSR count). The third-order valence-electron chi connectivity index (χ3n) is 2.13. The minimum atomic E-state index is -0.900. The molecule has 0 aromatic heterocycles. The van der Waals surface area contributed by atoms with Crippen molar-refractivity contribution in [3.05, 3.63) is 58.6 Å². The fourth-order valence-corrected chi connectivity index (χ4v) is 2.47. The van der Waals surface area contributed by atoms with Crippen molar-refractivity contribution in [3.63, 3.8) is 0 Å². The monoisotopic (exact) mass is 308 g/mol. The van der Waals surface area contributed by atoms with Gasteiger partial charge in [0.15, 0.2) is 0 Å². The van der Waals surface area contributed by atoms with E-state index in [1.165, 1.54) is 0 Å². The van der Waals surface area contributed by atoms with Crippen LogP contribution in [0.1, 0.15) is 10.4 Å². The van der Waals surface area contributed by atoms with Gasteiger partial charge < -0.3 is 5.11 Å². The number of hydrogen-bond donors (Lipinski definition) is 1. The summed E-state index contributed by atoms with van der Waals surface area (Å²) < 4.78 is 1.03. The average molecular weight is 309 g/mol. The summed E-state index contributed by atoms with van der Waals surface area (Å²) in [6.07, 6.45) is 0. The van der Waals surface area contributed by atoms with Crippen LogP contribution in [0, 0.1) is 0 Å². The molecule has 0 bridgehead atoms. The molecular formula is C13H9BrO2S. The Hall–Kier alpha value is -1.26. The van der Waals surface area contributed by atoms with Gasteiger partial charge in [-0.25, -0.2) is 4.79 Å². The highest BCUT2D eigenvalue weighted by Gasteiger charge is 2.04. The molecule has 2 nitrogen and oxygen atoms in total. The highest BCUT2D eigenvalue weighted by molar-refractivity contribution is 9.10. The van der Waals surface area contributed by atoms with Gasteiger partial charge in [0.05, 0.1) is 5.56 Å². The van der Waals surface area contributed by atoms with E-state index < -0.39 is 5.97 Å². The molecule has 1 N–H and O–H groups in total. The Balaban J connectivity index is 2.21. The summed E-state index contributed by atoms with van der Waals surface area (Å²) in [6, 6.07) is 14.8. The first-order chi connectivity index (χ1) is 8.15. The fourth-order valence-electron chi connectivity index (χ4n) is 1.33. The number of halogens is 1. The number of benzene rings is 2. The third kappa shape index (κ3) is 3.35. The molecule has 0 spiro atoms. The predicted octanol–water partition coefficient (Wildman–Crippen LogP) is 4.30. The zero-order valence-corrected chi connectivity index (χ0v) is 11.2. The van der Waals surface area contributed by atoms with E-state index in [-0.39, 0.29) is 0 Å². The standard InChI is InChI=1S/C13H9BrO2S/c14-10-4-6-11(7-5-10)17-12-3-1-2-9(8-12)13(15)16/h1-8H,(H,15,16). The van der Waals surface area contributed by atoms with E-state index in [0.717, 1.165) is 14.3 Å². The first-order valence-electron chi connectivity index (χ1n) is 4.92. The third-order valence-corrected chi connectivity index (χ3v) is 3.66. The maximum absolute atomic E-state index is 10.8. The number of aromatic carboxylic acids is 1. The fraction of sp³-hybridized carbons (Fsp3) is 0. The van der Waals surface area contributed by atoms with E-state index in [4.69, 9.17) is 5.11 Å². The summed E-state index contributed by atoms with van der Waals surface area (Å²) in [4.78, 5) is 12.8. The SMILES string of the molecule is O=C(O)c1cccc(Sc2ccc(Br)cc2)c1. The summed E-state index contributed by atoms with van der Waals surface area (Å²) in [6.45, 7) is 0. The predicted molar refractivity (Wildman–Crippen MR) is 71.7 cm³/mol. The summed E-state index contributed by atoms with van der Waals surface area (Å²) in [5.41, 5.74) is 0.312. The van der Waals surface area contributed by atoms with Gasteiger partial charge in [-0.05, 0) is 42.5 Å². The molecule has 4 heteroatoms. The molecule has 0 aliphatic rings. The number of carboxylic acid groups (broad SMARTS) is 1. The Labute approximate surface area is 112 Å². The van der Waals surface area contributed by atoms with Crippen LogP contribution in [0.5, 0.6) is 0 Å². The normalized spacial score (nSPS) is 10.2. The highest BCUT2D eigenvalue weighted by atomic mass is 79.9. The lowest BCUT2D eigenvalue weighted by Crippen LogP contribution is -1.95. The Morgan fingerprint density at radius 2 is 1.76 bits per heavy atom. The molecule has 0 heterocycles. The first kappa shape index (κ1) is 12.2. The molecule has 2 aromatic carbocycles. The van der Waals surface area contributed by atoms with Crippen LogP contribution in [0.3, 0.4) is 0 Å². The molecular weight excluding hydrogens is 300 g/mol. The van der Waals surface area contributed by atoms with Gasteiger partial charge in [-0.2, -0.15) is 0 Å². The second-order valence-electron chi connectivity index (χ2n) is 3.39. The van der Waals surface area contributed by atoms with Crippen LogP contribution in [0.2, 0.25) is 0 Å². The van der Waals surface area contributed by atoms with Crippen molar-refractivity contribution in [3.8, 4) is 0 Å². The maximum atomic E-state index is 10.8. The van der Waals surface area contributed by atoms with Crippen LogP contribution in [0.15, 0.2) is 62.8 Å². The van der Waals surface area contributed by atoms with Crippen molar-refractivity contribution in [2.45, 2.75) is 9.79 Å². The number of rotatable bonds is 3. The quantitative estimate of drug-likeness (QED) is 0.918. The van der Waals surface area contributed by atoms with E-state index >= 15 is 0 Å². The lowest BCUT2D eigenvalue weighted by Gasteiger charge is -2.02. The van der Waals surface area contributed by atoms with Gasteiger partial charge in [0.25, 0.3) is 0 Å². The molecule has 0 unspecified atom stereocenters. The summed E-state index contributed by atoms with van der Waals surface area (Å²) in [7, 11) is 0. The zero-order chi connectivity index (χ0) is 12.3. The van der Waals surface area contributed by atoms with Gasteiger partial charge in [0.1, 0.15) is 0 Å². The number of carboxylic acids is 1. The van der Waals surface area contributed by atoms with E-state index in [0.29, 0.717) is 5.56 Å². The largest absolute Gasteiger partial charge is 0.478 e. The van der Waals surface area contributed by atoms with Crippen LogP contribution in [0.4, 0.5) is 0 Å². The Kier molecular flexibility index (Phi) is 3.86.